The fourth-order valence-electron chi connectivity index (χ4n) is 3.27. The number of aromatic nitrogens is 2. The van der Waals surface area contributed by atoms with Crippen LogP contribution in [0.3, 0.4) is 0 Å². The minimum Gasteiger partial charge on any atom is -0.347 e. The number of thiophene rings is 1. The lowest BCUT2D eigenvalue weighted by Gasteiger charge is -2.12. The van der Waals surface area contributed by atoms with Gasteiger partial charge in [-0.05, 0) is 35.6 Å². The van der Waals surface area contributed by atoms with Crippen LogP contribution < -0.4 is 5.32 Å². The number of halogens is 1. The lowest BCUT2D eigenvalue weighted by Crippen LogP contribution is -2.24. The highest BCUT2D eigenvalue weighted by molar-refractivity contribution is 7.91. The molecule has 0 spiro atoms. The molecule has 0 aliphatic carbocycles. The molecule has 146 valence electrons. The standard InChI is InChI=1S/C19H18ClN3O3S2/c20-15-5-2-1-4-13(15)11-21-19(24)16-10-17(18-6-3-8-27-18)23(22-16)14-7-9-28(25,26)12-14/h1-6,8,10,14H,7,9,11-12H2,(H,21,24)/t14-/m1/s1. The average molecular weight is 436 g/mol. The molecule has 0 bridgehead atoms. The first kappa shape index (κ1) is 19.2. The number of carbonyl (C=O) groups is 1. The van der Waals surface area contributed by atoms with Crippen molar-refractivity contribution in [1.29, 1.82) is 0 Å². The second-order valence-corrected chi connectivity index (χ2v) is 10.3. The Morgan fingerprint density at radius 3 is 2.79 bits per heavy atom. The molecule has 1 aromatic carbocycles. The highest BCUT2D eigenvalue weighted by atomic mass is 35.5. The second kappa shape index (κ2) is 7.69. The SMILES string of the molecule is O=C(NCc1ccccc1Cl)c1cc(-c2cccs2)n([C@@H]2CCS(=O)(=O)C2)n1. The summed E-state index contributed by atoms with van der Waals surface area (Å²) in [5, 5.41) is 9.82. The van der Waals surface area contributed by atoms with E-state index in [9.17, 15) is 13.2 Å². The molecule has 1 aliphatic heterocycles. The number of sulfone groups is 1. The van der Waals surface area contributed by atoms with E-state index >= 15 is 0 Å². The van der Waals surface area contributed by atoms with Crippen LogP contribution in [0.15, 0.2) is 47.8 Å². The van der Waals surface area contributed by atoms with Crippen LogP contribution in [0, 0.1) is 0 Å². The van der Waals surface area contributed by atoms with Crippen molar-refractivity contribution in [1.82, 2.24) is 15.1 Å². The van der Waals surface area contributed by atoms with Crippen molar-refractivity contribution >= 4 is 38.7 Å². The summed E-state index contributed by atoms with van der Waals surface area (Å²) in [5.41, 5.74) is 1.84. The molecule has 1 aliphatic rings. The molecule has 1 amide bonds. The number of nitrogens with one attached hydrogen (secondary N) is 1. The van der Waals surface area contributed by atoms with Crippen molar-refractivity contribution in [3.63, 3.8) is 0 Å². The number of carbonyl (C=O) groups excluding carboxylic acids is 1. The van der Waals surface area contributed by atoms with Crippen LogP contribution in [0.2, 0.25) is 5.02 Å². The van der Waals surface area contributed by atoms with Crippen molar-refractivity contribution in [3.8, 4) is 10.6 Å². The largest absolute Gasteiger partial charge is 0.347 e. The quantitative estimate of drug-likeness (QED) is 0.664. The van der Waals surface area contributed by atoms with Crippen molar-refractivity contribution in [3.05, 3.63) is 64.1 Å². The molecule has 1 N–H and O–H groups in total. The Morgan fingerprint density at radius 2 is 2.11 bits per heavy atom. The summed E-state index contributed by atoms with van der Waals surface area (Å²) in [6.07, 6.45) is 0.503. The molecule has 1 atom stereocenters. The predicted molar refractivity (Wildman–Crippen MR) is 110 cm³/mol. The Labute approximate surface area is 172 Å². The van der Waals surface area contributed by atoms with Crippen molar-refractivity contribution in [2.75, 3.05) is 11.5 Å². The van der Waals surface area contributed by atoms with Gasteiger partial charge in [0.15, 0.2) is 15.5 Å². The maximum absolute atomic E-state index is 12.7. The van der Waals surface area contributed by atoms with E-state index in [0.717, 1.165) is 16.1 Å². The molecule has 4 rings (SSSR count). The van der Waals surface area contributed by atoms with Crippen LogP contribution in [-0.2, 0) is 16.4 Å². The number of nitrogens with zero attached hydrogens (tertiary/aromatic N) is 2. The van der Waals surface area contributed by atoms with E-state index in [0.29, 0.717) is 11.4 Å². The number of rotatable bonds is 5. The highest BCUT2D eigenvalue weighted by Crippen LogP contribution is 2.32. The van der Waals surface area contributed by atoms with E-state index in [4.69, 9.17) is 11.6 Å². The monoisotopic (exact) mass is 435 g/mol. The lowest BCUT2D eigenvalue weighted by molar-refractivity contribution is 0.0945. The van der Waals surface area contributed by atoms with Gasteiger partial charge < -0.3 is 5.32 Å². The zero-order valence-electron chi connectivity index (χ0n) is 14.8. The van der Waals surface area contributed by atoms with Crippen molar-refractivity contribution < 1.29 is 13.2 Å². The first-order valence-corrected chi connectivity index (χ1v) is 11.9. The number of benzene rings is 1. The zero-order chi connectivity index (χ0) is 19.7. The van der Waals surface area contributed by atoms with E-state index in [-0.39, 0.29) is 35.7 Å². The number of amides is 1. The Balaban J connectivity index is 1.60. The van der Waals surface area contributed by atoms with Gasteiger partial charge in [0, 0.05) is 11.6 Å². The van der Waals surface area contributed by atoms with E-state index in [1.54, 1.807) is 16.8 Å². The minimum absolute atomic E-state index is 0.0493. The Bertz CT molecular complexity index is 1110. The van der Waals surface area contributed by atoms with E-state index in [1.165, 1.54) is 11.3 Å². The third-order valence-corrected chi connectivity index (χ3v) is 7.70. The van der Waals surface area contributed by atoms with Gasteiger partial charge in [-0.25, -0.2) is 8.42 Å². The average Bonchev–Trinajstić information content (AvgIpc) is 3.39. The van der Waals surface area contributed by atoms with Gasteiger partial charge in [0.25, 0.3) is 5.91 Å². The topological polar surface area (TPSA) is 81.1 Å². The summed E-state index contributed by atoms with van der Waals surface area (Å²) >= 11 is 7.66. The zero-order valence-corrected chi connectivity index (χ0v) is 17.2. The molecule has 0 saturated carbocycles. The van der Waals surface area contributed by atoms with Gasteiger partial charge >= 0.3 is 0 Å². The molecule has 28 heavy (non-hydrogen) atoms. The Kier molecular flexibility index (Phi) is 5.27. The van der Waals surface area contributed by atoms with Crippen LogP contribution in [0.4, 0.5) is 0 Å². The summed E-state index contributed by atoms with van der Waals surface area (Å²) in [5.74, 6) is -0.124. The van der Waals surface area contributed by atoms with Gasteiger partial charge in [-0.3, -0.25) is 9.48 Å². The third kappa shape index (κ3) is 3.99. The first-order chi connectivity index (χ1) is 13.4. The Hall–Kier alpha value is -2.16. The van der Waals surface area contributed by atoms with Gasteiger partial charge in [-0.1, -0.05) is 35.9 Å². The fraction of sp³-hybridized carbons (Fsp3) is 0.263. The predicted octanol–water partition coefficient (Wildman–Crippen LogP) is 3.55. The first-order valence-electron chi connectivity index (χ1n) is 8.78. The molecule has 1 fully saturated rings. The summed E-state index contributed by atoms with van der Waals surface area (Å²) in [7, 11) is -3.06. The molecule has 0 unspecified atom stereocenters. The van der Waals surface area contributed by atoms with E-state index < -0.39 is 9.84 Å². The van der Waals surface area contributed by atoms with Crippen LogP contribution >= 0.6 is 22.9 Å². The number of hydrogen-bond donors (Lipinski definition) is 1. The molecule has 1 saturated heterocycles. The molecule has 3 heterocycles. The summed E-state index contributed by atoms with van der Waals surface area (Å²) in [6.45, 7) is 0.289. The minimum atomic E-state index is -3.06. The van der Waals surface area contributed by atoms with Gasteiger partial charge in [0.1, 0.15) is 0 Å². The highest BCUT2D eigenvalue weighted by Gasteiger charge is 2.32. The fourth-order valence-corrected chi connectivity index (χ4v) is 5.90. The molecule has 3 aromatic rings. The van der Waals surface area contributed by atoms with Gasteiger partial charge in [-0.15, -0.1) is 11.3 Å². The van der Waals surface area contributed by atoms with Crippen LogP contribution in [0.1, 0.15) is 28.5 Å². The summed E-state index contributed by atoms with van der Waals surface area (Å²) < 4.78 is 25.5. The molecular formula is C19H18ClN3O3S2. The van der Waals surface area contributed by atoms with Crippen LogP contribution in [0.5, 0.6) is 0 Å². The molecule has 9 heteroatoms. The summed E-state index contributed by atoms with van der Waals surface area (Å²) in [4.78, 5) is 13.6. The molecule has 2 aromatic heterocycles. The van der Waals surface area contributed by atoms with Gasteiger partial charge in [0.2, 0.25) is 0 Å². The normalized spacial score (nSPS) is 18.2. The molecule has 6 nitrogen and oxygen atoms in total. The maximum Gasteiger partial charge on any atom is 0.272 e. The Morgan fingerprint density at radius 1 is 1.29 bits per heavy atom. The van der Waals surface area contributed by atoms with E-state index in [2.05, 4.69) is 10.4 Å². The number of hydrogen-bond acceptors (Lipinski definition) is 5. The van der Waals surface area contributed by atoms with Crippen LogP contribution in [-0.4, -0.2) is 35.6 Å². The molecular weight excluding hydrogens is 418 g/mol. The smallest absolute Gasteiger partial charge is 0.272 e. The van der Waals surface area contributed by atoms with Gasteiger partial charge in [0.05, 0.1) is 28.1 Å². The van der Waals surface area contributed by atoms with E-state index in [1.807, 2.05) is 35.7 Å². The van der Waals surface area contributed by atoms with Crippen molar-refractivity contribution in [2.45, 2.75) is 19.0 Å². The molecule has 0 radical (unpaired) electrons. The van der Waals surface area contributed by atoms with Gasteiger partial charge in [-0.2, -0.15) is 5.10 Å². The third-order valence-electron chi connectivity index (χ3n) is 4.69. The second-order valence-electron chi connectivity index (χ2n) is 6.67. The van der Waals surface area contributed by atoms with Crippen molar-refractivity contribution in [2.24, 2.45) is 0 Å². The summed E-state index contributed by atoms with van der Waals surface area (Å²) in [6, 6.07) is 12.6. The van der Waals surface area contributed by atoms with Crippen LogP contribution in [0.25, 0.3) is 10.6 Å². The lowest BCUT2D eigenvalue weighted by atomic mass is 10.2. The maximum atomic E-state index is 12.7.